The molecule has 1 aromatic carbocycles. The number of ether oxygens (including phenoxy) is 1. The minimum atomic E-state index is -0.513. The monoisotopic (exact) mass is 468 g/mol. The third-order valence-electron chi connectivity index (χ3n) is 8.44. The van der Waals surface area contributed by atoms with Gasteiger partial charge in [-0.3, -0.25) is 9.59 Å². The Morgan fingerprint density at radius 1 is 1.12 bits per heavy atom. The topological polar surface area (TPSA) is 58.6 Å². The average molecular weight is 469 g/mol. The van der Waals surface area contributed by atoms with Crippen LogP contribution in [0.1, 0.15) is 96.7 Å². The van der Waals surface area contributed by atoms with Gasteiger partial charge in [-0.2, -0.15) is 0 Å². The third kappa shape index (κ3) is 5.05. The maximum atomic E-state index is 14.3. The van der Waals surface area contributed by atoms with E-state index < -0.39 is 11.0 Å². The summed E-state index contributed by atoms with van der Waals surface area (Å²) < 4.78 is 5.60. The van der Waals surface area contributed by atoms with E-state index in [2.05, 4.69) is 48.3 Å². The molecule has 1 atom stereocenters. The van der Waals surface area contributed by atoms with Crippen molar-refractivity contribution in [3.8, 4) is 0 Å². The number of nitrogens with one attached hydrogen (secondary N) is 1. The van der Waals surface area contributed by atoms with Gasteiger partial charge in [0.25, 0.3) is 0 Å². The van der Waals surface area contributed by atoms with Crippen LogP contribution in [0.3, 0.4) is 0 Å². The quantitative estimate of drug-likeness (QED) is 0.589. The molecule has 2 fully saturated rings. The summed E-state index contributed by atoms with van der Waals surface area (Å²) in [4.78, 5) is 29.1. The minimum absolute atomic E-state index is 0.0553. The lowest BCUT2D eigenvalue weighted by Crippen LogP contribution is -2.58. The number of rotatable bonds is 5. The zero-order chi connectivity index (χ0) is 24.5. The summed E-state index contributed by atoms with van der Waals surface area (Å²) >= 11 is 0. The Bertz CT molecular complexity index is 874. The Morgan fingerprint density at radius 2 is 1.76 bits per heavy atom. The molecule has 1 aliphatic carbocycles. The van der Waals surface area contributed by atoms with Crippen LogP contribution < -0.4 is 5.32 Å². The van der Waals surface area contributed by atoms with Crippen LogP contribution in [0.4, 0.5) is 0 Å². The van der Waals surface area contributed by atoms with Crippen LogP contribution in [-0.4, -0.2) is 42.0 Å². The number of hydrogen-bond donors (Lipinski definition) is 1. The Hall–Kier alpha value is -1.88. The van der Waals surface area contributed by atoms with Gasteiger partial charge in [0.05, 0.1) is 17.9 Å². The summed E-state index contributed by atoms with van der Waals surface area (Å²) in [5.74, 6) is 1.94. The fraction of sp³-hybridized carbons (Fsp3) is 0.724. The van der Waals surface area contributed by atoms with Crippen molar-refractivity contribution in [3.63, 3.8) is 0 Å². The van der Waals surface area contributed by atoms with Crippen molar-refractivity contribution in [3.05, 3.63) is 35.4 Å². The van der Waals surface area contributed by atoms with E-state index in [1.807, 2.05) is 20.8 Å². The maximum Gasteiger partial charge on any atom is 0.308 e. The van der Waals surface area contributed by atoms with Crippen molar-refractivity contribution in [2.75, 3.05) is 19.6 Å². The second kappa shape index (κ2) is 10.0. The van der Waals surface area contributed by atoms with Gasteiger partial charge in [-0.1, -0.05) is 38.1 Å². The molecule has 1 unspecified atom stereocenters. The fourth-order valence-corrected chi connectivity index (χ4v) is 6.69. The van der Waals surface area contributed by atoms with Crippen LogP contribution in [-0.2, 0) is 19.7 Å². The number of amides is 1. The number of carbonyl (C=O) groups excluding carboxylic acids is 2. The third-order valence-corrected chi connectivity index (χ3v) is 8.44. The van der Waals surface area contributed by atoms with Crippen molar-refractivity contribution in [1.82, 2.24) is 10.2 Å². The zero-order valence-corrected chi connectivity index (χ0v) is 21.9. The first-order valence-corrected chi connectivity index (χ1v) is 13.5. The van der Waals surface area contributed by atoms with E-state index in [0.29, 0.717) is 18.4 Å². The molecule has 34 heavy (non-hydrogen) atoms. The summed E-state index contributed by atoms with van der Waals surface area (Å²) in [5.41, 5.74) is 1.58. The van der Waals surface area contributed by atoms with Gasteiger partial charge in [-0.15, -0.1) is 0 Å². The van der Waals surface area contributed by atoms with Crippen LogP contribution in [0.15, 0.2) is 24.3 Å². The summed E-state index contributed by atoms with van der Waals surface area (Å²) in [6, 6.07) is 8.74. The first kappa shape index (κ1) is 25.2. The van der Waals surface area contributed by atoms with Gasteiger partial charge in [-0.05, 0) is 101 Å². The molecule has 0 radical (unpaired) electrons. The lowest BCUT2D eigenvalue weighted by atomic mass is 9.63. The Balaban J connectivity index is 1.67. The van der Waals surface area contributed by atoms with E-state index in [1.54, 1.807) is 0 Å². The highest BCUT2D eigenvalue weighted by Gasteiger charge is 2.52. The van der Waals surface area contributed by atoms with Crippen LogP contribution >= 0.6 is 0 Å². The van der Waals surface area contributed by atoms with E-state index in [1.165, 1.54) is 24.0 Å². The second-order valence-corrected chi connectivity index (χ2v) is 12.1. The van der Waals surface area contributed by atoms with Crippen LogP contribution in [0.25, 0.3) is 0 Å². The molecular formula is C29H44N2O3. The molecule has 2 heterocycles. The standard InChI is InChI=1S/C29H44N2O3/c1-20(2)21-10-12-22(13-11-21)26-23-8-6-7-9-24(23)29(15-17-30-18-16-29)27(33)31(26)19-14-25(32)34-28(3,4)5/h6-9,20-22,26,30H,10-19H2,1-5H3. The number of benzene rings is 1. The molecule has 5 heteroatoms. The molecular weight excluding hydrogens is 424 g/mol. The second-order valence-electron chi connectivity index (χ2n) is 12.1. The SMILES string of the molecule is CC(C)C1CCC(C2c3ccccc3C3(CCNCC3)C(=O)N2CCC(=O)OC(C)(C)C)CC1. The number of nitrogens with zero attached hydrogens (tertiary/aromatic N) is 1. The molecule has 1 aromatic rings. The van der Waals surface area contributed by atoms with Gasteiger partial charge in [0.1, 0.15) is 5.60 Å². The largest absolute Gasteiger partial charge is 0.460 e. The van der Waals surface area contributed by atoms with Gasteiger partial charge < -0.3 is 15.0 Å². The minimum Gasteiger partial charge on any atom is -0.460 e. The van der Waals surface area contributed by atoms with Crippen LogP contribution in [0, 0.1) is 17.8 Å². The lowest BCUT2D eigenvalue weighted by Gasteiger charge is -2.52. The first-order valence-electron chi connectivity index (χ1n) is 13.5. The highest BCUT2D eigenvalue weighted by Crippen LogP contribution is 2.51. The first-order chi connectivity index (χ1) is 16.1. The summed E-state index contributed by atoms with van der Waals surface area (Å²) in [6.07, 6.45) is 6.63. The summed E-state index contributed by atoms with van der Waals surface area (Å²) in [5, 5.41) is 3.44. The molecule has 1 N–H and O–H groups in total. The van der Waals surface area contributed by atoms with E-state index in [9.17, 15) is 9.59 Å². The smallest absolute Gasteiger partial charge is 0.308 e. The molecule has 1 amide bonds. The van der Waals surface area contributed by atoms with Gasteiger partial charge in [0, 0.05) is 6.54 Å². The van der Waals surface area contributed by atoms with E-state index in [4.69, 9.17) is 4.74 Å². The van der Waals surface area contributed by atoms with Crippen molar-refractivity contribution in [2.45, 2.75) is 96.6 Å². The Morgan fingerprint density at radius 3 is 2.38 bits per heavy atom. The maximum absolute atomic E-state index is 14.3. The summed E-state index contributed by atoms with van der Waals surface area (Å²) in [7, 11) is 0. The van der Waals surface area contributed by atoms with Crippen molar-refractivity contribution >= 4 is 11.9 Å². The molecule has 188 valence electrons. The average Bonchev–Trinajstić information content (AvgIpc) is 2.80. The molecule has 1 saturated carbocycles. The lowest BCUT2D eigenvalue weighted by molar-refractivity contribution is -0.156. The van der Waals surface area contributed by atoms with Gasteiger partial charge >= 0.3 is 5.97 Å². The highest BCUT2D eigenvalue weighted by molar-refractivity contribution is 5.91. The Labute approximate surface area is 206 Å². The van der Waals surface area contributed by atoms with Gasteiger partial charge in [0.2, 0.25) is 5.91 Å². The Kier molecular flexibility index (Phi) is 7.42. The molecule has 2 aliphatic heterocycles. The molecule has 5 nitrogen and oxygen atoms in total. The molecule has 1 spiro atoms. The van der Waals surface area contributed by atoms with E-state index in [0.717, 1.165) is 44.7 Å². The number of hydrogen-bond acceptors (Lipinski definition) is 4. The predicted molar refractivity (Wildman–Crippen MR) is 135 cm³/mol. The number of carbonyl (C=O) groups is 2. The molecule has 0 bridgehead atoms. The highest BCUT2D eigenvalue weighted by atomic mass is 16.6. The number of fused-ring (bicyclic) bond motifs is 2. The summed E-state index contributed by atoms with van der Waals surface area (Å²) in [6.45, 7) is 12.5. The normalized spacial score (nSPS) is 27.1. The van der Waals surface area contributed by atoms with Gasteiger partial charge in [-0.25, -0.2) is 0 Å². The van der Waals surface area contributed by atoms with Crippen molar-refractivity contribution in [1.29, 1.82) is 0 Å². The van der Waals surface area contributed by atoms with Gasteiger partial charge in [0.15, 0.2) is 0 Å². The molecule has 3 aliphatic rings. The van der Waals surface area contributed by atoms with E-state index in [-0.39, 0.29) is 24.3 Å². The van der Waals surface area contributed by atoms with Crippen molar-refractivity contribution in [2.24, 2.45) is 17.8 Å². The molecule has 0 aromatic heterocycles. The van der Waals surface area contributed by atoms with E-state index >= 15 is 0 Å². The fourth-order valence-electron chi connectivity index (χ4n) is 6.69. The van der Waals surface area contributed by atoms with Crippen LogP contribution in [0.2, 0.25) is 0 Å². The van der Waals surface area contributed by atoms with Crippen LogP contribution in [0.5, 0.6) is 0 Å². The molecule has 1 saturated heterocycles. The number of esters is 1. The van der Waals surface area contributed by atoms with Crippen molar-refractivity contribution < 1.29 is 14.3 Å². The number of piperidine rings is 1. The predicted octanol–water partition coefficient (Wildman–Crippen LogP) is 5.39. The molecule has 4 rings (SSSR count). The zero-order valence-electron chi connectivity index (χ0n) is 21.9.